The molecular weight excluding hydrogens is 360 g/mol. The predicted octanol–water partition coefficient (Wildman–Crippen LogP) is -1.98. The van der Waals surface area contributed by atoms with Crippen molar-refractivity contribution in [1.82, 2.24) is 16.0 Å². The standard InChI is InChI=1S/C16H22N4O7/c1-9(19-13(22)8-27-17)15(25)20-12(16(26)18-7-14(23)24)6-10-2-4-11(21)5-3-10/h2-5,9,12,21H,6-8,17H2,1H3,(H,18,26)(H,19,22)(H,20,25)(H,23,24)/t9-,12-/m0/s1. The molecule has 1 aromatic rings. The number of hydrogen-bond acceptors (Lipinski definition) is 7. The zero-order valence-corrected chi connectivity index (χ0v) is 14.6. The van der Waals surface area contributed by atoms with Crippen LogP contribution in [0.25, 0.3) is 0 Å². The summed E-state index contributed by atoms with van der Waals surface area (Å²) in [5, 5.41) is 25.0. The lowest BCUT2D eigenvalue weighted by molar-refractivity contribution is -0.138. The summed E-state index contributed by atoms with van der Waals surface area (Å²) >= 11 is 0. The Morgan fingerprint density at radius 1 is 1.11 bits per heavy atom. The van der Waals surface area contributed by atoms with E-state index in [0.29, 0.717) is 5.56 Å². The first kappa shape index (κ1) is 21.9. The molecule has 27 heavy (non-hydrogen) atoms. The predicted molar refractivity (Wildman–Crippen MR) is 92.1 cm³/mol. The van der Waals surface area contributed by atoms with E-state index in [4.69, 9.17) is 11.0 Å². The van der Waals surface area contributed by atoms with Gasteiger partial charge < -0.3 is 26.2 Å². The van der Waals surface area contributed by atoms with Crippen molar-refractivity contribution in [3.63, 3.8) is 0 Å². The molecule has 0 aromatic heterocycles. The highest BCUT2D eigenvalue weighted by atomic mass is 16.6. The van der Waals surface area contributed by atoms with Gasteiger partial charge in [-0.15, -0.1) is 0 Å². The Balaban J connectivity index is 2.81. The van der Waals surface area contributed by atoms with E-state index < -0.39 is 48.9 Å². The number of phenols is 1. The Morgan fingerprint density at radius 3 is 2.30 bits per heavy atom. The molecule has 0 bridgehead atoms. The minimum atomic E-state index is -1.24. The lowest BCUT2D eigenvalue weighted by Gasteiger charge is -2.21. The number of carboxylic acids is 1. The highest BCUT2D eigenvalue weighted by molar-refractivity contribution is 5.93. The van der Waals surface area contributed by atoms with Gasteiger partial charge in [-0.25, -0.2) is 5.90 Å². The zero-order chi connectivity index (χ0) is 20.4. The first-order chi connectivity index (χ1) is 12.7. The number of carboxylic acid groups (broad SMARTS) is 1. The van der Waals surface area contributed by atoms with Crippen molar-refractivity contribution >= 4 is 23.7 Å². The van der Waals surface area contributed by atoms with Crippen molar-refractivity contribution in [1.29, 1.82) is 0 Å². The highest BCUT2D eigenvalue weighted by Gasteiger charge is 2.25. The second-order valence-corrected chi connectivity index (χ2v) is 5.64. The lowest BCUT2D eigenvalue weighted by atomic mass is 10.0. The fourth-order valence-corrected chi connectivity index (χ4v) is 2.08. The van der Waals surface area contributed by atoms with Crippen LogP contribution in [-0.2, 0) is 30.4 Å². The van der Waals surface area contributed by atoms with Crippen LogP contribution in [0, 0.1) is 0 Å². The molecule has 0 unspecified atom stereocenters. The molecule has 0 saturated heterocycles. The van der Waals surface area contributed by atoms with Gasteiger partial charge >= 0.3 is 5.97 Å². The van der Waals surface area contributed by atoms with Crippen LogP contribution in [0.4, 0.5) is 0 Å². The van der Waals surface area contributed by atoms with Gasteiger partial charge in [-0.05, 0) is 24.6 Å². The second kappa shape index (κ2) is 10.7. The summed E-state index contributed by atoms with van der Waals surface area (Å²) in [6, 6.07) is 3.87. The fourth-order valence-electron chi connectivity index (χ4n) is 2.08. The Morgan fingerprint density at radius 2 is 1.74 bits per heavy atom. The van der Waals surface area contributed by atoms with Crippen LogP contribution in [0.15, 0.2) is 24.3 Å². The average Bonchev–Trinajstić information content (AvgIpc) is 2.60. The van der Waals surface area contributed by atoms with Crippen LogP contribution in [0.3, 0.4) is 0 Å². The summed E-state index contributed by atoms with van der Waals surface area (Å²) in [6.45, 7) is 0.352. The number of carbonyl (C=O) groups is 4. The summed E-state index contributed by atoms with van der Waals surface area (Å²) in [7, 11) is 0. The first-order valence-corrected chi connectivity index (χ1v) is 7.91. The minimum absolute atomic E-state index is 0.0353. The molecule has 11 heteroatoms. The molecule has 0 radical (unpaired) electrons. The van der Waals surface area contributed by atoms with Gasteiger partial charge in [0.25, 0.3) is 0 Å². The molecule has 1 aromatic carbocycles. The van der Waals surface area contributed by atoms with Gasteiger partial charge in [-0.1, -0.05) is 12.1 Å². The van der Waals surface area contributed by atoms with E-state index in [-0.39, 0.29) is 12.2 Å². The van der Waals surface area contributed by atoms with Crippen LogP contribution < -0.4 is 21.8 Å². The Labute approximate surface area is 154 Å². The third kappa shape index (κ3) is 8.16. The smallest absolute Gasteiger partial charge is 0.322 e. The summed E-state index contributed by atoms with van der Waals surface area (Å²) < 4.78 is 0. The van der Waals surface area contributed by atoms with Crippen molar-refractivity contribution in [3.05, 3.63) is 29.8 Å². The molecule has 11 nitrogen and oxygen atoms in total. The van der Waals surface area contributed by atoms with Crippen LogP contribution >= 0.6 is 0 Å². The number of amides is 3. The molecule has 0 spiro atoms. The van der Waals surface area contributed by atoms with Crippen LogP contribution in [-0.4, -0.2) is 59.1 Å². The van der Waals surface area contributed by atoms with E-state index in [2.05, 4.69) is 20.8 Å². The summed E-state index contributed by atoms with van der Waals surface area (Å²) in [5.41, 5.74) is 0.622. The summed E-state index contributed by atoms with van der Waals surface area (Å²) in [5.74, 6) is 1.59. The zero-order valence-electron chi connectivity index (χ0n) is 14.6. The van der Waals surface area contributed by atoms with E-state index in [1.54, 1.807) is 12.1 Å². The van der Waals surface area contributed by atoms with Gasteiger partial charge in [0.05, 0.1) is 0 Å². The first-order valence-electron chi connectivity index (χ1n) is 7.91. The Kier molecular flexibility index (Phi) is 8.69. The van der Waals surface area contributed by atoms with Gasteiger partial charge in [0, 0.05) is 6.42 Å². The number of phenolic OH excluding ortho intramolecular Hbond substituents is 1. The number of nitrogens with two attached hydrogens (primary N) is 1. The van der Waals surface area contributed by atoms with Crippen molar-refractivity contribution in [2.45, 2.75) is 25.4 Å². The molecule has 7 N–H and O–H groups in total. The normalized spacial score (nSPS) is 12.5. The van der Waals surface area contributed by atoms with Crippen LogP contribution in [0.2, 0.25) is 0 Å². The number of carbonyl (C=O) groups excluding carboxylic acids is 3. The second-order valence-electron chi connectivity index (χ2n) is 5.64. The molecule has 0 fully saturated rings. The van der Waals surface area contributed by atoms with E-state index in [0.717, 1.165) is 0 Å². The number of nitrogens with one attached hydrogen (secondary N) is 3. The van der Waals surface area contributed by atoms with E-state index in [9.17, 15) is 24.3 Å². The Bertz CT molecular complexity index is 678. The third-order valence-electron chi connectivity index (χ3n) is 3.41. The maximum atomic E-state index is 12.2. The molecule has 0 aliphatic heterocycles. The fraction of sp³-hybridized carbons (Fsp3) is 0.375. The molecule has 148 valence electrons. The summed E-state index contributed by atoms with van der Waals surface area (Å²) in [6.07, 6.45) is 0.0457. The van der Waals surface area contributed by atoms with Crippen molar-refractivity contribution in [2.75, 3.05) is 13.2 Å². The third-order valence-corrected chi connectivity index (χ3v) is 3.41. The molecule has 0 saturated carbocycles. The van der Waals surface area contributed by atoms with Gasteiger partial charge in [0.2, 0.25) is 17.7 Å². The highest BCUT2D eigenvalue weighted by Crippen LogP contribution is 2.11. The van der Waals surface area contributed by atoms with E-state index in [1.807, 2.05) is 0 Å². The van der Waals surface area contributed by atoms with Crippen LogP contribution in [0.1, 0.15) is 12.5 Å². The maximum Gasteiger partial charge on any atom is 0.322 e. The molecule has 1 rings (SSSR count). The van der Waals surface area contributed by atoms with Crippen molar-refractivity contribution in [3.8, 4) is 5.75 Å². The van der Waals surface area contributed by atoms with E-state index >= 15 is 0 Å². The monoisotopic (exact) mass is 382 g/mol. The number of benzene rings is 1. The molecular formula is C16H22N4O7. The van der Waals surface area contributed by atoms with E-state index in [1.165, 1.54) is 19.1 Å². The largest absolute Gasteiger partial charge is 0.508 e. The van der Waals surface area contributed by atoms with Crippen molar-refractivity contribution < 1.29 is 34.2 Å². The number of aromatic hydroxyl groups is 1. The van der Waals surface area contributed by atoms with Gasteiger partial charge in [-0.3, -0.25) is 24.0 Å². The summed E-state index contributed by atoms with van der Waals surface area (Å²) in [4.78, 5) is 50.7. The van der Waals surface area contributed by atoms with Crippen LogP contribution in [0.5, 0.6) is 5.75 Å². The SMILES string of the molecule is C[C@H](NC(=O)CON)C(=O)N[C@@H](Cc1ccc(O)cc1)C(=O)NCC(=O)O. The molecule has 3 amide bonds. The molecule has 0 heterocycles. The number of rotatable bonds is 10. The maximum absolute atomic E-state index is 12.2. The minimum Gasteiger partial charge on any atom is -0.508 e. The number of hydrogen-bond donors (Lipinski definition) is 6. The quantitative estimate of drug-likeness (QED) is 0.252. The van der Waals surface area contributed by atoms with Gasteiger partial charge in [-0.2, -0.15) is 0 Å². The lowest BCUT2D eigenvalue weighted by Crippen LogP contribution is -2.54. The topological polar surface area (TPSA) is 180 Å². The van der Waals surface area contributed by atoms with Gasteiger partial charge in [0.1, 0.15) is 31.0 Å². The number of aliphatic carboxylic acids is 1. The average molecular weight is 382 g/mol. The molecule has 0 aliphatic rings. The van der Waals surface area contributed by atoms with Crippen molar-refractivity contribution in [2.24, 2.45) is 5.90 Å². The molecule has 0 aliphatic carbocycles. The van der Waals surface area contributed by atoms with Gasteiger partial charge in [0.15, 0.2) is 0 Å². The Hall–Kier alpha value is -3.18. The molecule has 2 atom stereocenters.